The van der Waals surface area contributed by atoms with Crippen LogP contribution in [0.3, 0.4) is 0 Å². The molecule has 4 heteroatoms. The zero-order chi connectivity index (χ0) is 12.8. The summed E-state index contributed by atoms with van der Waals surface area (Å²) >= 11 is 0. The van der Waals surface area contributed by atoms with Gasteiger partial charge in [-0.2, -0.15) is 0 Å². The van der Waals surface area contributed by atoms with Gasteiger partial charge in [-0.3, -0.25) is 9.59 Å². The molecule has 0 aliphatic heterocycles. The fourth-order valence-corrected chi connectivity index (χ4v) is 1.40. The second-order valence-electron chi connectivity index (χ2n) is 3.88. The Hall–Kier alpha value is -1.84. The molecule has 0 aliphatic carbocycles. The van der Waals surface area contributed by atoms with E-state index in [2.05, 4.69) is 0 Å². The largest absolute Gasteiger partial charge is 0.466 e. The predicted molar refractivity (Wildman–Crippen MR) is 64.8 cm³/mol. The van der Waals surface area contributed by atoms with Crippen LogP contribution in [0.15, 0.2) is 24.3 Å². The number of carbonyl (C=O) groups is 2. The van der Waals surface area contributed by atoms with Crippen molar-refractivity contribution in [1.82, 2.24) is 4.90 Å². The summed E-state index contributed by atoms with van der Waals surface area (Å²) in [4.78, 5) is 24.4. The van der Waals surface area contributed by atoms with E-state index in [0.29, 0.717) is 12.2 Å². The summed E-state index contributed by atoms with van der Waals surface area (Å²) in [6, 6.07) is 6.98. The van der Waals surface area contributed by atoms with Crippen molar-refractivity contribution in [3.63, 3.8) is 0 Å². The normalized spacial score (nSPS) is 9.82. The molecule has 1 amide bonds. The average molecular weight is 235 g/mol. The molecular weight excluding hydrogens is 218 g/mol. The molecule has 1 aromatic rings. The molecule has 0 spiro atoms. The van der Waals surface area contributed by atoms with Crippen LogP contribution in [0.4, 0.5) is 0 Å². The third-order valence-corrected chi connectivity index (χ3v) is 2.26. The molecule has 0 bridgehead atoms. The zero-order valence-corrected chi connectivity index (χ0v) is 10.4. The quantitative estimate of drug-likeness (QED) is 0.743. The molecular formula is C13H17NO3. The summed E-state index contributed by atoms with van der Waals surface area (Å²) in [5.41, 5.74) is 1.46. The Balaban J connectivity index is 2.68. The molecule has 17 heavy (non-hydrogen) atoms. The lowest BCUT2D eigenvalue weighted by molar-refractivity contribution is -0.142. The van der Waals surface area contributed by atoms with E-state index in [0.717, 1.165) is 5.56 Å². The summed E-state index contributed by atoms with van der Waals surface area (Å²) in [7, 11) is 3.41. The maximum Gasteiger partial charge on any atom is 0.310 e. The van der Waals surface area contributed by atoms with E-state index < -0.39 is 0 Å². The first kappa shape index (κ1) is 13.2. The third kappa shape index (κ3) is 3.90. The first-order valence-electron chi connectivity index (χ1n) is 5.50. The standard InChI is InChI=1S/C13H17NO3/c1-4-17-12(15)9-10-5-7-11(8-6-10)13(16)14(2)3/h5-8H,4,9H2,1-3H3. The Morgan fingerprint density at radius 1 is 1.18 bits per heavy atom. The lowest BCUT2D eigenvalue weighted by Gasteiger charge is -2.10. The summed E-state index contributed by atoms with van der Waals surface area (Å²) < 4.78 is 4.85. The second kappa shape index (κ2) is 6.03. The molecule has 1 rings (SSSR count). The predicted octanol–water partition coefficient (Wildman–Crippen LogP) is 1.49. The second-order valence-corrected chi connectivity index (χ2v) is 3.88. The number of benzene rings is 1. The van der Waals surface area contributed by atoms with Crippen LogP contribution in [0.25, 0.3) is 0 Å². The number of carbonyl (C=O) groups excluding carboxylic acids is 2. The molecule has 0 fully saturated rings. The third-order valence-electron chi connectivity index (χ3n) is 2.26. The first-order chi connectivity index (χ1) is 8.04. The molecule has 0 aliphatic rings. The minimum absolute atomic E-state index is 0.0484. The fourth-order valence-electron chi connectivity index (χ4n) is 1.40. The zero-order valence-electron chi connectivity index (χ0n) is 10.4. The Morgan fingerprint density at radius 2 is 1.76 bits per heavy atom. The lowest BCUT2D eigenvalue weighted by atomic mass is 10.1. The number of hydrogen-bond acceptors (Lipinski definition) is 3. The van der Waals surface area contributed by atoms with Gasteiger partial charge in [-0.15, -0.1) is 0 Å². The van der Waals surface area contributed by atoms with E-state index in [1.807, 2.05) is 0 Å². The van der Waals surface area contributed by atoms with Crippen molar-refractivity contribution >= 4 is 11.9 Å². The molecule has 0 aromatic heterocycles. The van der Waals surface area contributed by atoms with Crippen molar-refractivity contribution in [1.29, 1.82) is 0 Å². The molecule has 4 nitrogen and oxygen atoms in total. The smallest absolute Gasteiger partial charge is 0.310 e. The van der Waals surface area contributed by atoms with Gasteiger partial charge in [0.05, 0.1) is 13.0 Å². The number of rotatable bonds is 4. The molecule has 0 radical (unpaired) electrons. The number of hydrogen-bond donors (Lipinski definition) is 0. The maximum absolute atomic E-state index is 11.6. The van der Waals surface area contributed by atoms with Gasteiger partial charge in [-0.1, -0.05) is 12.1 Å². The summed E-state index contributed by atoms with van der Waals surface area (Å²) in [6.45, 7) is 2.16. The molecule has 0 atom stereocenters. The van der Waals surface area contributed by atoms with Gasteiger partial charge in [0.2, 0.25) is 0 Å². The summed E-state index contributed by atoms with van der Waals surface area (Å²) in [5, 5.41) is 0. The van der Waals surface area contributed by atoms with Gasteiger partial charge >= 0.3 is 5.97 Å². The number of nitrogens with zero attached hydrogens (tertiary/aromatic N) is 1. The topological polar surface area (TPSA) is 46.6 Å². The molecule has 0 N–H and O–H groups in total. The molecule has 1 aromatic carbocycles. The van der Waals surface area contributed by atoms with E-state index in [9.17, 15) is 9.59 Å². The molecule has 0 unspecified atom stereocenters. The van der Waals surface area contributed by atoms with Gasteiger partial charge in [0.25, 0.3) is 5.91 Å². The van der Waals surface area contributed by atoms with Crippen molar-refractivity contribution in [2.45, 2.75) is 13.3 Å². The monoisotopic (exact) mass is 235 g/mol. The van der Waals surface area contributed by atoms with E-state index in [-0.39, 0.29) is 18.3 Å². The minimum Gasteiger partial charge on any atom is -0.466 e. The van der Waals surface area contributed by atoms with Gasteiger partial charge in [-0.05, 0) is 24.6 Å². The van der Waals surface area contributed by atoms with Crippen molar-refractivity contribution in [2.24, 2.45) is 0 Å². The van der Waals surface area contributed by atoms with Gasteiger partial charge in [0.1, 0.15) is 0 Å². The van der Waals surface area contributed by atoms with E-state index in [1.54, 1.807) is 45.3 Å². The van der Waals surface area contributed by atoms with Crippen LogP contribution >= 0.6 is 0 Å². The van der Waals surface area contributed by atoms with E-state index >= 15 is 0 Å². The van der Waals surface area contributed by atoms with Crippen molar-refractivity contribution in [3.8, 4) is 0 Å². The summed E-state index contributed by atoms with van der Waals surface area (Å²) in [6.07, 6.45) is 0.240. The number of ether oxygens (including phenoxy) is 1. The van der Waals surface area contributed by atoms with E-state index in [1.165, 1.54) is 4.90 Å². The Labute approximate surface area is 101 Å². The highest BCUT2D eigenvalue weighted by molar-refractivity contribution is 5.93. The SMILES string of the molecule is CCOC(=O)Cc1ccc(C(=O)N(C)C)cc1. The van der Waals surface area contributed by atoms with Crippen molar-refractivity contribution in [2.75, 3.05) is 20.7 Å². The van der Waals surface area contributed by atoms with Crippen molar-refractivity contribution < 1.29 is 14.3 Å². The van der Waals surface area contributed by atoms with Gasteiger partial charge in [-0.25, -0.2) is 0 Å². The molecule has 0 saturated carbocycles. The highest BCUT2D eigenvalue weighted by Gasteiger charge is 2.08. The average Bonchev–Trinajstić information content (AvgIpc) is 2.29. The number of esters is 1. The van der Waals surface area contributed by atoms with Crippen LogP contribution in [-0.4, -0.2) is 37.5 Å². The van der Waals surface area contributed by atoms with E-state index in [4.69, 9.17) is 4.74 Å². The summed E-state index contributed by atoms with van der Waals surface area (Å²) in [5.74, 6) is -0.299. The first-order valence-corrected chi connectivity index (χ1v) is 5.50. The molecule has 92 valence electrons. The molecule has 0 heterocycles. The van der Waals surface area contributed by atoms with Gasteiger partial charge in [0, 0.05) is 19.7 Å². The molecule has 0 saturated heterocycles. The van der Waals surface area contributed by atoms with Crippen LogP contribution in [0.1, 0.15) is 22.8 Å². The number of amides is 1. The Bertz CT molecular complexity index is 396. The highest BCUT2D eigenvalue weighted by Crippen LogP contribution is 2.07. The van der Waals surface area contributed by atoms with Crippen LogP contribution in [-0.2, 0) is 16.0 Å². The Kier molecular flexibility index (Phi) is 4.69. The minimum atomic E-state index is -0.251. The Morgan fingerprint density at radius 3 is 2.24 bits per heavy atom. The van der Waals surface area contributed by atoms with Crippen LogP contribution in [0.2, 0.25) is 0 Å². The van der Waals surface area contributed by atoms with Gasteiger partial charge < -0.3 is 9.64 Å². The van der Waals surface area contributed by atoms with Crippen molar-refractivity contribution in [3.05, 3.63) is 35.4 Å². The van der Waals surface area contributed by atoms with Crippen LogP contribution < -0.4 is 0 Å². The van der Waals surface area contributed by atoms with Crippen LogP contribution in [0.5, 0.6) is 0 Å². The van der Waals surface area contributed by atoms with Crippen LogP contribution in [0, 0.1) is 0 Å². The fraction of sp³-hybridized carbons (Fsp3) is 0.385. The lowest BCUT2D eigenvalue weighted by Crippen LogP contribution is -2.21. The van der Waals surface area contributed by atoms with Gasteiger partial charge in [0.15, 0.2) is 0 Å². The highest BCUT2D eigenvalue weighted by atomic mass is 16.5. The maximum atomic E-state index is 11.6.